The molecule has 1 aromatic carbocycles. The molecule has 0 saturated heterocycles. The third kappa shape index (κ3) is 3.03. The molecule has 0 fully saturated rings. The highest BCUT2D eigenvalue weighted by atomic mass is 16.4. The average molecular weight is 219 g/mol. The summed E-state index contributed by atoms with van der Waals surface area (Å²) >= 11 is 0. The van der Waals surface area contributed by atoms with Gasteiger partial charge in [0.05, 0.1) is 5.56 Å². The fourth-order valence-electron chi connectivity index (χ4n) is 1.01. The molecule has 5 heteroatoms. The lowest BCUT2D eigenvalue weighted by atomic mass is 10.1. The summed E-state index contributed by atoms with van der Waals surface area (Å²) < 4.78 is 0. The molecular formula is C11H9NO4. The second-order valence-electron chi connectivity index (χ2n) is 2.98. The van der Waals surface area contributed by atoms with Crippen LogP contribution in [0.5, 0.6) is 0 Å². The molecule has 0 heterocycles. The first-order valence-corrected chi connectivity index (χ1v) is 4.34. The van der Waals surface area contributed by atoms with Crippen LogP contribution in [0.1, 0.15) is 22.3 Å². The van der Waals surface area contributed by atoms with E-state index in [0.29, 0.717) is 11.3 Å². The minimum absolute atomic E-state index is 0.0637. The van der Waals surface area contributed by atoms with Crippen LogP contribution in [0.15, 0.2) is 18.2 Å². The van der Waals surface area contributed by atoms with Crippen molar-refractivity contribution in [3.63, 3.8) is 0 Å². The summed E-state index contributed by atoms with van der Waals surface area (Å²) in [5.74, 6) is 2.78. The lowest BCUT2D eigenvalue weighted by Gasteiger charge is -1.99. The van der Waals surface area contributed by atoms with E-state index < -0.39 is 11.9 Å². The van der Waals surface area contributed by atoms with Gasteiger partial charge in [0.2, 0.25) is 0 Å². The van der Waals surface area contributed by atoms with E-state index in [1.165, 1.54) is 18.2 Å². The molecule has 4 N–H and O–H groups in total. The number of rotatable bonds is 2. The van der Waals surface area contributed by atoms with Crippen molar-refractivity contribution in [3.05, 3.63) is 29.3 Å². The van der Waals surface area contributed by atoms with Gasteiger partial charge in [0.25, 0.3) is 0 Å². The van der Waals surface area contributed by atoms with Crippen LogP contribution in [0, 0.1) is 11.8 Å². The van der Waals surface area contributed by atoms with Crippen LogP contribution in [0.25, 0.3) is 0 Å². The van der Waals surface area contributed by atoms with Gasteiger partial charge >= 0.3 is 11.9 Å². The van der Waals surface area contributed by atoms with Crippen LogP contribution in [0.3, 0.4) is 0 Å². The Morgan fingerprint density at radius 3 is 2.56 bits per heavy atom. The highest BCUT2D eigenvalue weighted by Gasteiger charge is 2.04. The monoisotopic (exact) mass is 219 g/mol. The molecule has 0 bridgehead atoms. The van der Waals surface area contributed by atoms with E-state index in [1.54, 1.807) is 0 Å². The van der Waals surface area contributed by atoms with Gasteiger partial charge in [-0.05, 0) is 18.2 Å². The minimum atomic E-state index is -1.08. The summed E-state index contributed by atoms with van der Waals surface area (Å²) in [7, 11) is 0. The normalized spacial score (nSPS) is 9.00. The first-order valence-electron chi connectivity index (χ1n) is 4.34. The van der Waals surface area contributed by atoms with Crippen molar-refractivity contribution in [2.75, 3.05) is 5.73 Å². The molecule has 82 valence electrons. The number of hydrogen-bond donors (Lipinski definition) is 3. The maximum atomic E-state index is 10.7. The number of aromatic carboxylic acids is 1. The standard InChI is InChI=1S/C11H9NO4/c12-9-5-4-8(11(15)16)6-7(9)2-1-3-10(13)14/h4-6H,3,12H2,(H,13,14)(H,15,16). The highest BCUT2D eigenvalue weighted by Crippen LogP contribution is 2.12. The second-order valence-corrected chi connectivity index (χ2v) is 2.98. The predicted molar refractivity (Wildman–Crippen MR) is 56.9 cm³/mol. The van der Waals surface area contributed by atoms with Crippen LogP contribution in [-0.4, -0.2) is 22.2 Å². The Morgan fingerprint density at radius 2 is 2.00 bits per heavy atom. The van der Waals surface area contributed by atoms with E-state index in [2.05, 4.69) is 11.8 Å². The quantitative estimate of drug-likeness (QED) is 0.504. The maximum Gasteiger partial charge on any atom is 0.335 e. The fourth-order valence-corrected chi connectivity index (χ4v) is 1.01. The number of nitrogens with two attached hydrogens (primary N) is 1. The second kappa shape index (κ2) is 4.84. The number of carboxylic acid groups (broad SMARTS) is 2. The van der Waals surface area contributed by atoms with E-state index in [9.17, 15) is 9.59 Å². The topological polar surface area (TPSA) is 101 Å². The fraction of sp³-hybridized carbons (Fsp3) is 0.0909. The number of anilines is 1. The predicted octanol–water partition coefficient (Wildman–Crippen LogP) is 0.793. The molecule has 0 radical (unpaired) electrons. The SMILES string of the molecule is Nc1ccc(C(=O)O)cc1C#CCC(=O)O. The van der Waals surface area contributed by atoms with E-state index in [0.717, 1.165) is 0 Å². The van der Waals surface area contributed by atoms with E-state index in [-0.39, 0.29) is 12.0 Å². The molecule has 5 nitrogen and oxygen atoms in total. The van der Waals surface area contributed by atoms with Crippen LogP contribution >= 0.6 is 0 Å². The van der Waals surface area contributed by atoms with Gasteiger partial charge in [-0.15, -0.1) is 0 Å². The van der Waals surface area contributed by atoms with Crippen molar-refractivity contribution in [3.8, 4) is 11.8 Å². The van der Waals surface area contributed by atoms with Crippen molar-refractivity contribution < 1.29 is 19.8 Å². The largest absolute Gasteiger partial charge is 0.481 e. The summed E-state index contributed by atoms with van der Waals surface area (Å²) in [4.78, 5) is 20.9. The third-order valence-corrected chi connectivity index (χ3v) is 1.76. The third-order valence-electron chi connectivity index (χ3n) is 1.76. The van der Waals surface area contributed by atoms with Crippen molar-refractivity contribution in [2.45, 2.75) is 6.42 Å². The van der Waals surface area contributed by atoms with Gasteiger partial charge in [-0.25, -0.2) is 4.79 Å². The summed E-state index contributed by atoms with van der Waals surface area (Å²) in [5, 5.41) is 17.1. The Bertz CT molecular complexity index is 496. The van der Waals surface area contributed by atoms with Gasteiger partial charge in [0.1, 0.15) is 6.42 Å². The first kappa shape index (κ1) is 11.6. The average Bonchev–Trinajstić information content (AvgIpc) is 2.20. The van der Waals surface area contributed by atoms with Gasteiger partial charge < -0.3 is 15.9 Å². The van der Waals surface area contributed by atoms with Gasteiger partial charge in [-0.3, -0.25) is 4.79 Å². The van der Waals surface area contributed by atoms with E-state index in [4.69, 9.17) is 15.9 Å². The molecule has 1 aromatic rings. The van der Waals surface area contributed by atoms with Crippen molar-refractivity contribution in [1.29, 1.82) is 0 Å². The lowest BCUT2D eigenvalue weighted by Crippen LogP contribution is -1.99. The molecule has 0 amide bonds. The van der Waals surface area contributed by atoms with Crippen LogP contribution < -0.4 is 5.73 Å². The molecule has 0 spiro atoms. The number of aliphatic carboxylic acids is 1. The minimum Gasteiger partial charge on any atom is -0.481 e. The molecule has 0 aliphatic heterocycles. The Kier molecular flexibility index (Phi) is 3.51. The molecule has 16 heavy (non-hydrogen) atoms. The highest BCUT2D eigenvalue weighted by molar-refractivity contribution is 5.89. The van der Waals surface area contributed by atoms with Crippen LogP contribution in [0.4, 0.5) is 5.69 Å². The summed E-state index contributed by atoms with van der Waals surface area (Å²) in [6, 6.07) is 4.10. The Hall–Kier alpha value is -2.48. The van der Waals surface area contributed by atoms with Crippen LogP contribution in [-0.2, 0) is 4.79 Å². The van der Waals surface area contributed by atoms with Crippen LogP contribution in [0.2, 0.25) is 0 Å². The van der Waals surface area contributed by atoms with Crippen molar-refractivity contribution >= 4 is 17.6 Å². The zero-order valence-electron chi connectivity index (χ0n) is 8.23. The Morgan fingerprint density at radius 1 is 1.31 bits per heavy atom. The maximum absolute atomic E-state index is 10.7. The summed E-state index contributed by atoms with van der Waals surface area (Å²) in [6.07, 6.45) is -0.309. The molecular weight excluding hydrogens is 210 g/mol. The molecule has 0 saturated carbocycles. The molecule has 0 aliphatic carbocycles. The Labute approximate surface area is 91.5 Å². The number of hydrogen-bond acceptors (Lipinski definition) is 3. The zero-order chi connectivity index (χ0) is 12.1. The first-order chi connectivity index (χ1) is 7.50. The number of benzene rings is 1. The zero-order valence-corrected chi connectivity index (χ0v) is 8.23. The van der Waals surface area contributed by atoms with Gasteiger partial charge in [-0.1, -0.05) is 11.8 Å². The Balaban J connectivity index is 3.01. The van der Waals surface area contributed by atoms with Gasteiger partial charge in [0, 0.05) is 11.3 Å². The summed E-state index contributed by atoms with van der Waals surface area (Å²) in [5.41, 5.74) is 6.27. The molecule has 0 aliphatic rings. The number of carbonyl (C=O) groups is 2. The smallest absolute Gasteiger partial charge is 0.335 e. The number of carboxylic acids is 2. The lowest BCUT2D eigenvalue weighted by molar-refractivity contribution is -0.135. The van der Waals surface area contributed by atoms with Gasteiger partial charge in [0.15, 0.2) is 0 Å². The van der Waals surface area contributed by atoms with Gasteiger partial charge in [-0.2, -0.15) is 0 Å². The molecule has 1 rings (SSSR count). The molecule has 0 aromatic heterocycles. The van der Waals surface area contributed by atoms with E-state index >= 15 is 0 Å². The van der Waals surface area contributed by atoms with Crippen molar-refractivity contribution in [1.82, 2.24) is 0 Å². The van der Waals surface area contributed by atoms with E-state index in [1.807, 2.05) is 0 Å². The summed E-state index contributed by atoms with van der Waals surface area (Å²) in [6.45, 7) is 0. The molecule has 0 unspecified atom stereocenters. The number of nitrogen functional groups attached to an aromatic ring is 1. The van der Waals surface area contributed by atoms with Crippen molar-refractivity contribution in [2.24, 2.45) is 0 Å². The molecule has 0 atom stereocenters.